The van der Waals surface area contributed by atoms with Crippen LogP contribution in [0.2, 0.25) is 0 Å². The van der Waals surface area contributed by atoms with Crippen LogP contribution in [0.15, 0.2) is 64.6 Å². The van der Waals surface area contributed by atoms with Crippen molar-refractivity contribution in [1.82, 2.24) is 4.98 Å². The zero-order chi connectivity index (χ0) is 18.8. The SMILES string of the molecule is CSC1=NC(=O)C(=Cc2ccc3ncc(C#N)c(-c4ccccc4)c3c2)S1. The van der Waals surface area contributed by atoms with Gasteiger partial charge in [-0.05, 0) is 35.6 Å². The first-order chi connectivity index (χ1) is 13.2. The van der Waals surface area contributed by atoms with E-state index < -0.39 is 0 Å². The van der Waals surface area contributed by atoms with Gasteiger partial charge in [0.25, 0.3) is 5.91 Å². The van der Waals surface area contributed by atoms with E-state index in [1.807, 2.05) is 60.9 Å². The summed E-state index contributed by atoms with van der Waals surface area (Å²) in [5, 5.41) is 10.4. The molecule has 1 amide bonds. The highest BCUT2D eigenvalue weighted by Crippen LogP contribution is 2.35. The summed E-state index contributed by atoms with van der Waals surface area (Å²) in [6.45, 7) is 0. The third-order valence-corrected chi connectivity index (χ3v) is 6.12. The van der Waals surface area contributed by atoms with Gasteiger partial charge in [0, 0.05) is 17.1 Å². The number of nitriles is 1. The Morgan fingerprint density at radius 2 is 2.00 bits per heavy atom. The number of hydrogen-bond donors (Lipinski definition) is 0. The van der Waals surface area contributed by atoms with E-state index in [1.165, 1.54) is 23.5 Å². The van der Waals surface area contributed by atoms with Gasteiger partial charge in [-0.1, -0.05) is 48.2 Å². The molecule has 1 aromatic heterocycles. The molecule has 130 valence electrons. The van der Waals surface area contributed by atoms with Gasteiger partial charge in [-0.25, -0.2) is 0 Å². The highest BCUT2D eigenvalue weighted by molar-refractivity contribution is 8.40. The Hall–Kier alpha value is -2.88. The maximum atomic E-state index is 12.1. The zero-order valence-electron chi connectivity index (χ0n) is 14.3. The molecule has 0 radical (unpaired) electrons. The summed E-state index contributed by atoms with van der Waals surface area (Å²) >= 11 is 2.85. The Kier molecular flexibility index (Phi) is 4.80. The number of pyridine rings is 1. The molecule has 0 saturated carbocycles. The minimum atomic E-state index is -0.211. The standard InChI is InChI=1S/C21H13N3OS2/c1-26-21-24-20(25)18(27-21)10-13-7-8-17-16(9-13)19(15(11-22)12-23-17)14-5-3-2-4-6-14/h2-10,12H,1H3. The van der Waals surface area contributed by atoms with E-state index in [2.05, 4.69) is 16.0 Å². The summed E-state index contributed by atoms with van der Waals surface area (Å²) in [7, 11) is 0. The average Bonchev–Trinajstić information content (AvgIpc) is 3.07. The molecule has 0 spiro atoms. The third kappa shape index (κ3) is 3.39. The lowest BCUT2D eigenvalue weighted by molar-refractivity contribution is -0.113. The second-order valence-electron chi connectivity index (χ2n) is 5.80. The predicted molar refractivity (Wildman–Crippen MR) is 113 cm³/mol. The van der Waals surface area contributed by atoms with E-state index in [-0.39, 0.29) is 5.91 Å². The van der Waals surface area contributed by atoms with Gasteiger partial charge in [0.2, 0.25) is 0 Å². The summed E-state index contributed by atoms with van der Waals surface area (Å²) < 4.78 is 0.755. The van der Waals surface area contributed by atoms with Gasteiger partial charge in [-0.3, -0.25) is 9.78 Å². The number of carbonyl (C=O) groups excluding carboxylic acids is 1. The molecule has 0 aliphatic carbocycles. The second kappa shape index (κ2) is 7.39. The van der Waals surface area contributed by atoms with Crippen LogP contribution < -0.4 is 0 Å². The van der Waals surface area contributed by atoms with E-state index in [1.54, 1.807) is 6.20 Å². The van der Waals surface area contributed by atoms with Crippen LogP contribution in [0, 0.1) is 11.3 Å². The lowest BCUT2D eigenvalue weighted by atomic mass is 9.96. The highest BCUT2D eigenvalue weighted by Gasteiger charge is 2.21. The molecule has 0 fully saturated rings. The van der Waals surface area contributed by atoms with Gasteiger partial charge >= 0.3 is 0 Å². The van der Waals surface area contributed by atoms with E-state index in [0.717, 1.165) is 32.0 Å². The van der Waals surface area contributed by atoms with Gasteiger partial charge in [-0.15, -0.1) is 11.8 Å². The number of amides is 1. The fourth-order valence-electron chi connectivity index (χ4n) is 2.93. The molecular formula is C21H13N3OS2. The lowest BCUT2D eigenvalue weighted by Gasteiger charge is -2.09. The van der Waals surface area contributed by atoms with Crippen LogP contribution in [0.25, 0.3) is 28.1 Å². The maximum absolute atomic E-state index is 12.1. The van der Waals surface area contributed by atoms with Gasteiger partial charge in [0.1, 0.15) is 10.4 Å². The number of carbonyl (C=O) groups is 1. The fraction of sp³-hybridized carbons (Fsp3) is 0.0476. The van der Waals surface area contributed by atoms with E-state index >= 15 is 0 Å². The Morgan fingerprint density at radius 3 is 2.70 bits per heavy atom. The van der Waals surface area contributed by atoms with Crippen molar-refractivity contribution in [2.45, 2.75) is 0 Å². The van der Waals surface area contributed by atoms with Crippen molar-refractivity contribution < 1.29 is 4.79 Å². The number of benzene rings is 2. The first-order valence-corrected chi connectivity index (χ1v) is 10.2. The van der Waals surface area contributed by atoms with Crippen molar-refractivity contribution in [2.24, 2.45) is 4.99 Å². The highest BCUT2D eigenvalue weighted by atomic mass is 32.2. The van der Waals surface area contributed by atoms with Crippen LogP contribution in [0.5, 0.6) is 0 Å². The quantitative estimate of drug-likeness (QED) is 0.572. The molecule has 4 rings (SSSR count). The first-order valence-electron chi connectivity index (χ1n) is 8.14. The molecule has 4 nitrogen and oxygen atoms in total. The van der Waals surface area contributed by atoms with Gasteiger partial charge < -0.3 is 0 Å². The molecule has 3 aromatic rings. The summed E-state index contributed by atoms with van der Waals surface area (Å²) in [5.41, 5.74) is 4.03. The van der Waals surface area contributed by atoms with Crippen molar-refractivity contribution in [3.8, 4) is 17.2 Å². The lowest BCUT2D eigenvalue weighted by Crippen LogP contribution is -1.92. The van der Waals surface area contributed by atoms with E-state index in [4.69, 9.17) is 0 Å². The van der Waals surface area contributed by atoms with E-state index in [0.29, 0.717) is 10.5 Å². The van der Waals surface area contributed by atoms with Crippen LogP contribution in [0.3, 0.4) is 0 Å². The molecule has 2 heterocycles. The van der Waals surface area contributed by atoms with Gasteiger partial charge in [0.15, 0.2) is 0 Å². The maximum Gasteiger partial charge on any atom is 0.285 e. The Bertz CT molecular complexity index is 1160. The molecule has 2 aromatic carbocycles. The number of rotatable bonds is 2. The second-order valence-corrected chi connectivity index (χ2v) is 7.88. The summed E-state index contributed by atoms with van der Waals surface area (Å²) in [4.78, 5) is 21.1. The largest absolute Gasteiger partial charge is 0.285 e. The fourth-order valence-corrected chi connectivity index (χ4v) is 4.35. The van der Waals surface area contributed by atoms with Crippen molar-refractivity contribution in [1.29, 1.82) is 5.26 Å². The summed E-state index contributed by atoms with van der Waals surface area (Å²) in [6.07, 6.45) is 5.35. The molecule has 6 heteroatoms. The van der Waals surface area contributed by atoms with E-state index in [9.17, 15) is 10.1 Å². The normalized spacial score (nSPS) is 15.2. The van der Waals surface area contributed by atoms with Crippen molar-refractivity contribution >= 4 is 50.8 Å². The van der Waals surface area contributed by atoms with Crippen LogP contribution in [0.4, 0.5) is 0 Å². The Labute approximate surface area is 165 Å². The predicted octanol–water partition coefficient (Wildman–Crippen LogP) is 5.11. The number of fused-ring (bicyclic) bond motifs is 1. The minimum Gasteiger partial charge on any atom is -0.266 e. The Morgan fingerprint density at radius 1 is 1.19 bits per heavy atom. The zero-order valence-corrected chi connectivity index (χ0v) is 16.0. The van der Waals surface area contributed by atoms with Gasteiger partial charge in [-0.2, -0.15) is 10.3 Å². The molecule has 0 bridgehead atoms. The van der Waals surface area contributed by atoms with Crippen LogP contribution >= 0.6 is 23.5 Å². The summed E-state index contributed by atoms with van der Waals surface area (Å²) in [6, 6.07) is 17.9. The summed E-state index contributed by atoms with van der Waals surface area (Å²) in [5.74, 6) is -0.211. The number of hydrogen-bond acceptors (Lipinski definition) is 5. The third-order valence-electron chi connectivity index (χ3n) is 4.15. The van der Waals surface area contributed by atoms with Crippen LogP contribution in [0.1, 0.15) is 11.1 Å². The average molecular weight is 387 g/mol. The van der Waals surface area contributed by atoms with Crippen LogP contribution in [-0.4, -0.2) is 21.5 Å². The number of thioether (sulfide) groups is 2. The molecule has 0 saturated heterocycles. The smallest absolute Gasteiger partial charge is 0.266 e. The van der Waals surface area contributed by atoms with Crippen molar-refractivity contribution in [3.63, 3.8) is 0 Å². The molecule has 0 atom stereocenters. The minimum absolute atomic E-state index is 0.211. The number of aromatic nitrogens is 1. The number of aliphatic imine (C=N–C) groups is 1. The van der Waals surface area contributed by atoms with Gasteiger partial charge in [0.05, 0.1) is 16.0 Å². The molecule has 0 unspecified atom stereocenters. The monoisotopic (exact) mass is 387 g/mol. The van der Waals surface area contributed by atoms with Crippen molar-refractivity contribution in [3.05, 3.63) is 70.8 Å². The molecule has 1 aliphatic rings. The molecule has 27 heavy (non-hydrogen) atoms. The molecule has 1 aliphatic heterocycles. The molecular weight excluding hydrogens is 374 g/mol. The van der Waals surface area contributed by atoms with Crippen molar-refractivity contribution in [2.75, 3.05) is 6.26 Å². The Balaban J connectivity index is 1.87. The van der Waals surface area contributed by atoms with Crippen LogP contribution in [-0.2, 0) is 4.79 Å². The topological polar surface area (TPSA) is 66.1 Å². The molecule has 0 N–H and O–H groups in total. The number of nitrogens with zero attached hydrogens (tertiary/aromatic N) is 3. The first kappa shape index (κ1) is 17.5.